The molecule has 3 aromatic rings. The zero-order chi connectivity index (χ0) is 21.5. The summed E-state index contributed by atoms with van der Waals surface area (Å²) in [4.78, 5) is 42.7. The van der Waals surface area contributed by atoms with E-state index in [1.807, 2.05) is 30.3 Å². The summed E-state index contributed by atoms with van der Waals surface area (Å²) in [7, 11) is 0. The van der Waals surface area contributed by atoms with E-state index >= 15 is 0 Å². The average Bonchev–Trinajstić information content (AvgIpc) is 3.30. The molecule has 0 unspecified atom stereocenters. The Bertz CT molecular complexity index is 1160. The van der Waals surface area contributed by atoms with Gasteiger partial charge in [-0.3, -0.25) is 14.5 Å². The first-order valence-electron chi connectivity index (χ1n) is 10.2. The van der Waals surface area contributed by atoms with E-state index in [1.54, 1.807) is 23.9 Å². The summed E-state index contributed by atoms with van der Waals surface area (Å²) in [5.74, 6) is -0.681. The summed E-state index contributed by atoms with van der Waals surface area (Å²) in [6.07, 6.45) is 3.65. The van der Waals surface area contributed by atoms with Crippen molar-refractivity contribution in [3.8, 4) is 0 Å². The highest BCUT2D eigenvalue weighted by atomic mass is 32.2. The number of carbonyl (C=O) groups is 3. The van der Waals surface area contributed by atoms with Crippen molar-refractivity contribution in [1.29, 1.82) is 0 Å². The molecule has 1 saturated heterocycles. The van der Waals surface area contributed by atoms with E-state index < -0.39 is 5.97 Å². The largest absolute Gasteiger partial charge is 0.478 e. The molecule has 2 atom stereocenters. The lowest BCUT2D eigenvalue weighted by Crippen LogP contribution is -2.30. The van der Waals surface area contributed by atoms with Gasteiger partial charge >= 0.3 is 5.97 Å². The van der Waals surface area contributed by atoms with Crippen LogP contribution in [0.5, 0.6) is 0 Å². The number of fused-ring (bicyclic) bond motifs is 2. The van der Waals surface area contributed by atoms with Crippen molar-refractivity contribution in [2.45, 2.75) is 35.8 Å². The van der Waals surface area contributed by atoms with Gasteiger partial charge in [-0.2, -0.15) is 0 Å². The molecule has 1 aliphatic carbocycles. The van der Waals surface area contributed by atoms with Gasteiger partial charge in [-0.1, -0.05) is 36.7 Å². The lowest BCUT2D eigenvalue weighted by Gasteiger charge is -2.19. The van der Waals surface area contributed by atoms with E-state index in [9.17, 15) is 14.4 Å². The highest BCUT2D eigenvalue weighted by Gasteiger charge is 2.48. The maximum absolute atomic E-state index is 12.9. The zero-order valence-electron chi connectivity index (χ0n) is 16.6. The van der Waals surface area contributed by atoms with Crippen molar-refractivity contribution >= 4 is 56.8 Å². The molecule has 0 spiro atoms. The standard InChI is InChI=1S/C23H20N2O4S2/c26-20-16-3-1-2-4-17(16)21(27)25(20)15-9-10-18-19(11-15)31-23(24-18)30-12-13-5-7-14(8-6-13)22(28)29/h5-11,16-17H,1-4,12H2,(H,28,29)/t16-,17+. The second-order valence-corrected chi connectivity index (χ2v) is 10.2. The third-order valence-corrected chi connectivity index (χ3v) is 8.25. The van der Waals surface area contributed by atoms with Crippen LogP contribution in [0.2, 0.25) is 0 Å². The number of thioether (sulfide) groups is 1. The number of imide groups is 1. The van der Waals surface area contributed by atoms with E-state index in [-0.39, 0.29) is 29.2 Å². The summed E-state index contributed by atoms with van der Waals surface area (Å²) < 4.78 is 1.83. The first-order chi connectivity index (χ1) is 15.0. The number of carbonyl (C=O) groups excluding carboxylic acids is 2. The molecule has 8 heteroatoms. The van der Waals surface area contributed by atoms with Crippen LogP contribution >= 0.6 is 23.1 Å². The van der Waals surface area contributed by atoms with Gasteiger partial charge in [-0.25, -0.2) is 9.78 Å². The molecule has 2 amide bonds. The Morgan fingerprint density at radius 2 is 1.74 bits per heavy atom. The molecule has 2 heterocycles. The number of rotatable bonds is 5. The fraction of sp³-hybridized carbons (Fsp3) is 0.304. The van der Waals surface area contributed by atoms with Crippen LogP contribution < -0.4 is 4.90 Å². The Labute approximate surface area is 187 Å². The van der Waals surface area contributed by atoms with Crippen LogP contribution in [0.1, 0.15) is 41.6 Å². The molecule has 0 radical (unpaired) electrons. The Morgan fingerprint density at radius 3 is 2.39 bits per heavy atom. The number of aromatic nitrogens is 1. The van der Waals surface area contributed by atoms with Crippen LogP contribution in [-0.4, -0.2) is 27.9 Å². The minimum Gasteiger partial charge on any atom is -0.478 e. The second-order valence-electron chi connectivity index (χ2n) is 7.93. The first kappa shape index (κ1) is 20.2. The van der Waals surface area contributed by atoms with Gasteiger partial charge in [0.15, 0.2) is 4.34 Å². The summed E-state index contributed by atoms with van der Waals surface area (Å²) >= 11 is 3.12. The second kappa shape index (κ2) is 8.09. The molecule has 0 bridgehead atoms. The van der Waals surface area contributed by atoms with Gasteiger partial charge < -0.3 is 5.11 Å². The average molecular weight is 453 g/mol. The van der Waals surface area contributed by atoms with E-state index in [0.29, 0.717) is 11.4 Å². The molecule has 6 nitrogen and oxygen atoms in total. The number of amides is 2. The maximum Gasteiger partial charge on any atom is 0.335 e. The minimum absolute atomic E-state index is 0.0574. The van der Waals surface area contributed by atoms with E-state index in [2.05, 4.69) is 4.98 Å². The molecular formula is C23H20N2O4S2. The summed E-state index contributed by atoms with van der Waals surface area (Å²) in [5, 5.41) is 9.00. The normalized spacial score (nSPS) is 21.0. The molecule has 2 aliphatic rings. The number of carboxylic acids is 1. The predicted molar refractivity (Wildman–Crippen MR) is 121 cm³/mol. The predicted octanol–water partition coefficient (Wildman–Crippen LogP) is 4.97. The van der Waals surface area contributed by atoms with Gasteiger partial charge in [-0.05, 0) is 48.7 Å². The lowest BCUT2D eigenvalue weighted by molar-refractivity contribution is -0.122. The van der Waals surface area contributed by atoms with Crippen molar-refractivity contribution in [3.05, 3.63) is 53.6 Å². The topological polar surface area (TPSA) is 87.6 Å². The number of carboxylic acid groups (broad SMARTS) is 1. The molecule has 1 N–H and O–H groups in total. The molecule has 1 saturated carbocycles. The Balaban J connectivity index is 1.34. The number of anilines is 1. The summed E-state index contributed by atoms with van der Waals surface area (Å²) in [6.45, 7) is 0. The molecule has 1 aliphatic heterocycles. The molecule has 1 aromatic heterocycles. The SMILES string of the molecule is O=C(O)c1ccc(CSc2nc3ccc(N4C(=O)[C@H]5CCCC[C@H]5C4=O)cc3s2)cc1. The van der Waals surface area contributed by atoms with Gasteiger partial charge in [-0.15, -0.1) is 11.3 Å². The highest BCUT2D eigenvalue weighted by Crippen LogP contribution is 2.41. The number of nitrogens with zero attached hydrogens (tertiary/aromatic N) is 2. The molecule has 158 valence electrons. The summed E-state index contributed by atoms with van der Waals surface area (Å²) in [6, 6.07) is 12.4. The van der Waals surface area contributed by atoms with Crippen LogP contribution in [-0.2, 0) is 15.3 Å². The third-order valence-electron chi connectivity index (χ3n) is 6.01. The number of benzene rings is 2. The zero-order valence-corrected chi connectivity index (χ0v) is 18.2. The van der Waals surface area contributed by atoms with E-state index in [4.69, 9.17) is 5.11 Å². The molecule has 2 fully saturated rings. The van der Waals surface area contributed by atoms with E-state index in [1.165, 1.54) is 16.2 Å². The smallest absolute Gasteiger partial charge is 0.335 e. The third kappa shape index (κ3) is 3.74. The number of hydrogen-bond acceptors (Lipinski definition) is 6. The minimum atomic E-state index is -0.935. The maximum atomic E-state index is 12.9. The Kier molecular flexibility index (Phi) is 5.27. The first-order valence-corrected chi connectivity index (χ1v) is 12.0. The lowest BCUT2D eigenvalue weighted by atomic mass is 9.81. The van der Waals surface area contributed by atoms with Gasteiger partial charge in [0.1, 0.15) is 0 Å². The molecule has 31 heavy (non-hydrogen) atoms. The monoisotopic (exact) mass is 452 g/mol. The van der Waals surface area contributed by atoms with Gasteiger partial charge in [0.25, 0.3) is 0 Å². The quantitative estimate of drug-likeness (QED) is 0.435. The molecule has 5 rings (SSSR count). The van der Waals surface area contributed by atoms with Crippen LogP contribution in [0, 0.1) is 11.8 Å². The van der Waals surface area contributed by atoms with Crippen molar-refractivity contribution in [3.63, 3.8) is 0 Å². The van der Waals surface area contributed by atoms with Crippen LogP contribution in [0.4, 0.5) is 5.69 Å². The summed E-state index contributed by atoms with van der Waals surface area (Å²) in [5.41, 5.74) is 2.77. The number of hydrogen-bond donors (Lipinski definition) is 1. The molecular weight excluding hydrogens is 432 g/mol. The van der Waals surface area contributed by atoms with Gasteiger partial charge in [0, 0.05) is 5.75 Å². The fourth-order valence-corrected chi connectivity index (χ4v) is 6.46. The van der Waals surface area contributed by atoms with Crippen LogP contribution in [0.3, 0.4) is 0 Å². The van der Waals surface area contributed by atoms with Crippen molar-refractivity contribution in [1.82, 2.24) is 4.98 Å². The molecule has 2 aromatic carbocycles. The van der Waals surface area contributed by atoms with Crippen molar-refractivity contribution in [2.75, 3.05) is 4.90 Å². The van der Waals surface area contributed by atoms with Crippen LogP contribution in [0.15, 0.2) is 46.8 Å². The number of thiazole rings is 1. The Hall–Kier alpha value is -2.71. The van der Waals surface area contributed by atoms with Gasteiger partial charge in [0.2, 0.25) is 11.8 Å². The van der Waals surface area contributed by atoms with Crippen molar-refractivity contribution < 1.29 is 19.5 Å². The fourth-order valence-electron chi connectivity index (χ4n) is 4.40. The van der Waals surface area contributed by atoms with Gasteiger partial charge in [0.05, 0.1) is 33.3 Å². The highest BCUT2D eigenvalue weighted by molar-refractivity contribution is 8.00. The van der Waals surface area contributed by atoms with E-state index in [0.717, 1.165) is 45.8 Å². The van der Waals surface area contributed by atoms with Crippen molar-refractivity contribution in [2.24, 2.45) is 11.8 Å². The number of aromatic carboxylic acids is 1. The Morgan fingerprint density at radius 1 is 1.06 bits per heavy atom. The van der Waals surface area contributed by atoms with Crippen LogP contribution in [0.25, 0.3) is 10.2 Å².